The van der Waals surface area contributed by atoms with Gasteiger partial charge < -0.3 is 14.4 Å². The van der Waals surface area contributed by atoms with Gasteiger partial charge in [-0.15, -0.1) is 0 Å². The number of ether oxygens (including phenoxy) is 2. The Morgan fingerprint density at radius 1 is 1.33 bits per heavy atom. The van der Waals surface area contributed by atoms with Crippen LogP contribution in [0, 0.1) is 0 Å². The summed E-state index contributed by atoms with van der Waals surface area (Å²) in [5.74, 6) is -0.360. The fourth-order valence-corrected chi connectivity index (χ4v) is 1.97. The predicted octanol–water partition coefficient (Wildman–Crippen LogP) is 2.34. The Balaban J connectivity index is 2.61. The van der Waals surface area contributed by atoms with Crippen LogP contribution in [-0.2, 0) is 14.3 Å². The van der Waals surface area contributed by atoms with Gasteiger partial charge in [-0.3, -0.25) is 4.79 Å². The molecule has 2 unspecified atom stereocenters. The zero-order valence-corrected chi connectivity index (χ0v) is 12.4. The van der Waals surface area contributed by atoms with Crippen LogP contribution in [0.5, 0.6) is 0 Å². The molecule has 0 radical (unpaired) electrons. The molecule has 0 aromatic carbocycles. The minimum absolute atomic E-state index is 0.0135. The van der Waals surface area contributed by atoms with Crippen LogP contribution in [0.3, 0.4) is 0 Å². The highest BCUT2D eigenvalue weighted by Gasteiger charge is 2.32. The van der Waals surface area contributed by atoms with Gasteiger partial charge in [0.1, 0.15) is 0 Å². The molecule has 0 spiro atoms. The second-order valence-corrected chi connectivity index (χ2v) is 5.68. The van der Waals surface area contributed by atoms with E-state index in [1.807, 2.05) is 20.8 Å². The second-order valence-electron chi connectivity index (χ2n) is 4.59. The number of alkyl halides is 2. The average Bonchev–Trinajstić information content (AvgIpc) is 2.55. The lowest BCUT2D eigenvalue weighted by Gasteiger charge is -2.25. The molecule has 0 aromatic rings. The van der Waals surface area contributed by atoms with Crippen molar-refractivity contribution in [3.63, 3.8) is 0 Å². The smallest absolute Gasteiger partial charge is 0.256 e. The Morgan fingerprint density at radius 3 is 2.22 bits per heavy atom. The van der Waals surface area contributed by atoms with Crippen LogP contribution in [0.25, 0.3) is 0 Å². The highest BCUT2D eigenvalue weighted by Crippen LogP contribution is 2.20. The van der Waals surface area contributed by atoms with Crippen molar-refractivity contribution >= 4 is 29.1 Å². The van der Waals surface area contributed by atoms with E-state index in [0.29, 0.717) is 13.1 Å². The number of carbonyl (C=O) groups is 1. The summed E-state index contributed by atoms with van der Waals surface area (Å²) >= 11 is 11.2. The van der Waals surface area contributed by atoms with Gasteiger partial charge in [0.05, 0.1) is 18.8 Å². The van der Waals surface area contributed by atoms with Gasteiger partial charge in [-0.1, -0.05) is 35.4 Å². The summed E-state index contributed by atoms with van der Waals surface area (Å²) in [5.41, 5.74) is 0.844. The van der Waals surface area contributed by atoms with Crippen molar-refractivity contribution in [2.45, 2.75) is 44.1 Å². The van der Waals surface area contributed by atoms with Crippen LogP contribution < -0.4 is 0 Å². The third-order valence-electron chi connectivity index (χ3n) is 2.72. The molecule has 1 saturated heterocycles. The van der Waals surface area contributed by atoms with Gasteiger partial charge in [0, 0.05) is 6.54 Å². The molecule has 1 fully saturated rings. The van der Waals surface area contributed by atoms with E-state index in [1.54, 1.807) is 0 Å². The molecule has 0 aromatic heterocycles. The van der Waals surface area contributed by atoms with Crippen LogP contribution in [0.15, 0.2) is 12.2 Å². The summed E-state index contributed by atoms with van der Waals surface area (Å²) in [6.07, 6.45) is -0.412. The lowest BCUT2D eigenvalue weighted by molar-refractivity contribution is -0.136. The molecule has 18 heavy (non-hydrogen) atoms. The maximum absolute atomic E-state index is 11.8. The van der Waals surface area contributed by atoms with Gasteiger partial charge in [-0.2, -0.15) is 0 Å². The highest BCUT2D eigenvalue weighted by molar-refractivity contribution is 6.53. The predicted molar refractivity (Wildman–Crippen MR) is 71.8 cm³/mol. The molecule has 1 amide bonds. The number of hydrogen-bond donors (Lipinski definition) is 0. The zero-order valence-electron chi connectivity index (χ0n) is 10.9. The van der Waals surface area contributed by atoms with Gasteiger partial charge in [-0.25, -0.2) is 0 Å². The largest absolute Gasteiger partial charge is 0.345 e. The topological polar surface area (TPSA) is 38.8 Å². The maximum Gasteiger partial charge on any atom is 0.256 e. The molecule has 0 saturated carbocycles. The van der Waals surface area contributed by atoms with E-state index < -0.39 is 11.1 Å². The summed E-state index contributed by atoms with van der Waals surface area (Å²) in [6, 6.07) is 0. The van der Waals surface area contributed by atoms with E-state index in [9.17, 15) is 4.79 Å². The molecule has 4 nitrogen and oxygen atoms in total. The Kier molecular flexibility index (Phi) is 5.92. The molecule has 1 aliphatic heterocycles. The summed E-state index contributed by atoms with van der Waals surface area (Å²) in [5, 5.41) is 0. The monoisotopic (exact) mass is 295 g/mol. The first-order chi connectivity index (χ1) is 8.31. The van der Waals surface area contributed by atoms with E-state index >= 15 is 0 Å². The fraction of sp³-hybridized carbons (Fsp3) is 0.750. The van der Waals surface area contributed by atoms with Crippen LogP contribution in [-0.4, -0.2) is 47.2 Å². The fourth-order valence-electron chi connectivity index (χ4n) is 1.69. The second kappa shape index (κ2) is 6.75. The third kappa shape index (κ3) is 4.43. The molecule has 6 heteroatoms. The Morgan fingerprint density at radius 2 is 1.83 bits per heavy atom. The lowest BCUT2D eigenvalue weighted by atomic mass is 10.3. The summed E-state index contributed by atoms with van der Waals surface area (Å²) in [4.78, 5) is 12.3. The molecular weight excluding hydrogens is 277 g/mol. The van der Waals surface area contributed by atoms with E-state index in [0.717, 1.165) is 5.57 Å². The van der Waals surface area contributed by atoms with Crippen molar-refractivity contribution in [2.75, 3.05) is 13.1 Å². The average molecular weight is 296 g/mol. The molecule has 2 atom stereocenters. The summed E-state index contributed by atoms with van der Waals surface area (Å²) in [6.45, 7) is 10.2. The SMILES string of the molecule is C=C(C)CN(CC1OC(C)C(C)O1)C(=O)C(Cl)Cl. The first-order valence-electron chi connectivity index (χ1n) is 5.83. The number of halogens is 2. The number of carbonyl (C=O) groups excluding carboxylic acids is 1. The molecule has 1 rings (SSSR count). The highest BCUT2D eigenvalue weighted by atomic mass is 35.5. The third-order valence-corrected chi connectivity index (χ3v) is 3.10. The van der Waals surface area contributed by atoms with Crippen molar-refractivity contribution in [2.24, 2.45) is 0 Å². The molecule has 0 bridgehead atoms. The number of amides is 1. The first-order valence-corrected chi connectivity index (χ1v) is 6.70. The Bertz CT molecular complexity index is 312. The molecule has 0 aliphatic carbocycles. The number of rotatable bonds is 5. The van der Waals surface area contributed by atoms with E-state index in [-0.39, 0.29) is 18.1 Å². The van der Waals surface area contributed by atoms with Gasteiger partial charge in [0.25, 0.3) is 5.91 Å². The quantitative estimate of drug-likeness (QED) is 0.577. The standard InChI is InChI=1S/C12H19Cl2NO3/c1-7(2)5-15(12(16)11(13)14)6-10-17-8(3)9(4)18-10/h8-11H,1,5-6H2,2-4H3. The van der Waals surface area contributed by atoms with Gasteiger partial charge in [0.15, 0.2) is 11.1 Å². The van der Waals surface area contributed by atoms with Crippen molar-refractivity contribution in [3.8, 4) is 0 Å². The lowest BCUT2D eigenvalue weighted by Crippen LogP contribution is -2.41. The Labute approximate surface area is 118 Å². The molecule has 1 heterocycles. The van der Waals surface area contributed by atoms with Crippen molar-refractivity contribution in [1.82, 2.24) is 4.90 Å². The van der Waals surface area contributed by atoms with Crippen molar-refractivity contribution in [1.29, 1.82) is 0 Å². The zero-order chi connectivity index (χ0) is 13.9. The van der Waals surface area contributed by atoms with Gasteiger partial charge >= 0.3 is 0 Å². The normalized spacial score (nSPS) is 27.6. The van der Waals surface area contributed by atoms with Crippen LogP contribution >= 0.6 is 23.2 Å². The van der Waals surface area contributed by atoms with Crippen molar-refractivity contribution < 1.29 is 14.3 Å². The van der Waals surface area contributed by atoms with Crippen LogP contribution in [0.2, 0.25) is 0 Å². The minimum atomic E-state index is -1.08. The van der Waals surface area contributed by atoms with E-state index in [2.05, 4.69) is 6.58 Å². The Hall–Kier alpha value is -0.290. The maximum atomic E-state index is 11.8. The van der Waals surface area contributed by atoms with Crippen LogP contribution in [0.1, 0.15) is 20.8 Å². The van der Waals surface area contributed by atoms with Gasteiger partial charge in [0.2, 0.25) is 0 Å². The summed E-state index contributed by atoms with van der Waals surface area (Å²) in [7, 11) is 0. The molecule has 0 N–H and O–H groups in total. The van der Waals surface area contributed by atoms with E-state index in [4.69, 9.17) is 32.7 Å². The van der Waals surface area contributed by atoms with Crippen molar-refractivity contribution in [3.05, 3.63) is 12.2 Å². The molecule has 104 valence electrons. The summed E-state index contributed by atoms with van der Waals surface area (Å²) < 4.78 is 11.2. The molecule has 1 aliphatic rings. The van der Waals surface area contributed by atoms with Crippen LogP contribution in [0.4, 0.5) is 0 Å². The minimum Gasteiger partial charge on any atom is -0.345 e. The molecular formula is C12H19Cl2NO3. The first kappa shape index (κ1) is 15.8. The van der Waals surface area contributed by atoms with Gasteiger partial charge in [-0.05, 0) is 20.8 Å². The number of nitrogens with zero attached hydrogens (tertiary/aromatic N) is 1. The van der Waals surface area contributed by atoms with E-state index in [1.165, 1.54) is 4.90 Å². The number of hydrogen-bond acceptors (Lipinski definition) is 3.